The topological polar surface area (TPSA) is 52.1 Å². The third-order valence-electron chi connectivity index (χ3n) is 3.10. The quantitative estimate of drug-likeness (QED) is 0.616. The van der Waals surface area contributed by atoms with Crippen LogP contribution in [0.4, 0.5) is 0 Å². The Morgan fingerprint density at radius 3 is 2.85 bits per heavy atom. The van der Waals surface area contributed by atoms with Gasteiger partial charge in [-0.05, 0) is 25.5 Å². The summed E-state index contributed by atoms with van der Waals surface area (Å²) < 4.78 is 5.43. The number of esters is 1. The number of ether oxygens (including phenoxy) is 1. The molecule has 0 amide bonds. The summed E-state index contributed by atoms with van der Waals surface area (Å²) >= 11 is 0. The van der Waals surface area contributed by atoms with Crippen LogP contribution in [-0.2, 0) is 4.79 Å². The van der Waals surface area contributed by atoms with Gasteiger partial charge >= 0.3 is 5.97 Å². The highest BCUT2D eigenvalue weighted by molar-refractivity contribution is 5.74. The van der Waals surface area contributed by atoms with Gasteiger partial charge in [0.05, 0.1) is 5.69 Å². The molecule has 4 nitrogen and oxygen atoms in total. The number of carbonyl (C=O) groups is 1. The van der Waals surface area contributed by atoms with E-state index in [0.717, 1.165) is 29.7 Å². The number of nitrogens with zero attached hydrogens (tertiary/aromatic N) is 2. The first kappa shape index (κ1) is 14.2. The Labute approximate surface area is 118 Å². The summed E-state index contributed by atoms with van der Waals surface area (Å²) in [6, 6.07) is 7.48. The van der Waals surface area contributed by atoms with E-state index in [1.165, 1.54) is 6.33 Å². The monoisotopic (exact) mass is 270 g/mol. The lowest BCUT2D eigenvalue weighted by Gasteiger charge is -2.11. The largest absolute Gasteiger partial charge is 0.426 e. The fourth-order valence-electron chi connectivity index (χ4n) is 1.95. The van der Waals surface area contributed by atoms with E-state index in [9.17, 15) is 4.79 Å². The maximum absolute atomic E-state index is 11.7. The smallest absolute Gasteiger partial charge is 0.311 e. The van der Waals surface area contributed by atoms with Crippen molar-refractivity contribution in [2.24, 2.45) is 0 Å². The van der Waals surface area contributed by atoms with Crippen molar-refractivity contribution >= 4 is 5.97 Å². The third-order valence-corrected chi connectivity index (χ3v) is 3.10. The van der Waals surface area contributed by atoms with E-state index >= 15 is 0 Å². The molecule has 0 saturated heterocycles. The normalized spacial score (nSPS) is 10.3. The Kier molecular flexibility index (Phi) is 4.82. The second-order valence-electron chi connectivity index (χ2n) is 4.60. The van der Waals surface area contributed by atoms with Crippen molar-refractivity contribution in [2.75, 3.05) is 0 Å². The first-order valence-electron chi connectivity index (χ1n) is 6.79. The molecule has 0 fully saturated rings. The zero-order valence-electron chi connectivity index (χ0n) is 11.8. The highest BCUT2D eigenvalue weighted by Crippen LogP contribution is 2.28. The minimum atomic E-state index is -0.185. The molecule has 2 aromatic rings. The fourth-order valence-corrected chi connectivity index (χ4v) is 1.95. The average Bonchev–Trinajstić information content (AvgIpc) is 2.48. The van der Waals surface area contributed by atoms with Gasteiger partial charge in [0.1, 0.15) is 12.1 Å². The summed E-state index contributed by atoms with van der Waals surface area (Å²) in [6.07, 6.45) is 5.49. The summed E-state index contributed by atoms with van der Waals surface area (Å²) in [5.41, 5.74) is 2.69. The van der Waals surface area contributed by atoms with Crippen molar-refractivity contribution in [3.63, 3.8) is 0 Å². The van der Waals surface area contributed by atoms with Gasteiger partial charge < -0.3 is 4.74 Å². The Hall–Kier alpha value is -2.23. The van der Waals surface area contributed by atoms with Crippen molar-refractivity contribution in [1.29, 1.82) is 0 Å². The van der Waals surface area contributed by atoms with Gasteiger partial charge in [0.2, 0.25) is 0 Å². The first-order chi connectivity index (χ1) is 9.72. The molecule has 0 N–H and O–H groups in total. The Balaban J connectivity index is 2.22. The van der Waals surface area contributed by atoms with Crippen LogP contribution in [0.15, 0.2) is 36.8 Å². The maximum Gasteiger partial charge on any atom is 0.311 e. The molecule has 4 heteroatoms. The first-order valence-corrected chi connectivity index (χ1v) is 6.79. The molecule has 0 radical (unpaired) electrons. The Morgan fingerprint density at radius 1 is 1.30 bits per heavy atom. The summed E-state index contributed by atoms with van der Waals surface area (Å²) in [4.78, 5) is 19.9. The zero-order chi connectivity index (χ0) is 14.4. The van der Waals surface area contributed by atoms with Gasteiger partial charge in [-0.3, -0.25) is 4.79 Å². The van der Waals surface area contributed by atoms with Gasteiger partial charge in [0, 0.05) is 23.7 Å². The van der Waals surface area contributed by atoms with E-state index in [4.69, 9.17) is 4.74 Å². The van der Waals surface area contributed by atoms with Crippen LogP contribution in [0.5, 0.6) is 5.75 Å². The molecule has 104 valence electrons. The zero-order valence-corrected chi connectivity index (χ0v) is 11.8. The van der Waals surface area contributed by atoms with Crippen LogP contribution in [-0.4, -0.2) is 15.9 Å². The van der Waals surface area contributed by atoms with Crippen LogP contribution in [0.3, 0.4) is 0 Å². The van der Waals surface area contributed by atoms with Crippen LogP contribution >= 0.6 is 0 Å². The molecule has 0 aliphatic carbocycles. The number of unbranched alkanes of at least 4 members (excludes halogenated alkanes) is 1. The van der Waals surface area contributed by atoms with Crippen molar-refractivity contribution in [1.82, 2.24) is 9.97 Å². The van der Waals surface area contributed by atoms with Crippen molar-refractivity contribution in [3.8, 4) is 17.0 Å². The molecule has 0 spiro atoms. The summed E-state index contributed by atoms with van der Waals surface area (Å²) in [5.74, 6) is 0.414. The van der Waals surface area contributed by atoms with Crippen molar-refractivity contribution < 1.29 is 9.53 Å². The van der Waals surface area contributed by atoms with Gasteiger partial charge in [0.25, 0.3) is 0 Å². The molecule has 0 saturated carbocycles. The molecule has 0 aliphatic heterocycles. The third kappa shape index (κ3) is 3.41. The van der Waals surface area contributed by atoms with Crippen LogP contribution in [0.1, 0.15) is 31.7 Å². The lowest BCUT2D eigenvalue weighted by atomic mass is 10.0. The SMILES string of the molecule is CCCCC(=O)Oc1cccc(-c2ccncn2)c1C. The standard InChI is InChI=1S/C16H18N2O2/c1-3-4-8-16(19)20-15-7-5-6-13(12(15)2)14-9-10-17-11-18-14/h5-7,9-11H,3-4,8H2,1-2H3. The van der Waals surface area contributed by atoms with E-state index in [2.05, 4.69) is 9.97 Å². The molecule has 1 aromatic carbocycles. The van der Waals surface area contributed by atoms with Crippen LogP contribution in [0.25, 0.3) is 11.3 Å². The second kappa shape index (κ2) is 6.80. The number of rotatable bonds is 5. The molecule has 0 aliphatic rings. The van der Waals surface area contributed by atoms with Gasteiger partial charge in [-0.25, -0.2) is 9.97 Å². The number of hydrogen-bond donors (Lipinski definition) is 0. The molecule has 20 heavy (non-hydrogen) atoms. The minimum Gasteiger partial charge on any atom is -0.426 e. The van der Waals surface area contributed by atoms with Gasteiger partial charge in [-0.15, -0.1) is 0 Å². The highest BCUT2D eigenvalue weighted by Gasteiger charge is 2.11. The lowest BCUT2D eigenvalue weighted by molar-refractivity contribution is -0.134. The van der Waals surface area contributed by atoms with Crippen LogP contribution in [0.2, 0.25) is 0 Å². The van der Waals surface area contributed by atoms with Crippen molar-refractivity contribution in [3.05, 3.63) is 42.4 Å². The Bertz CT molecular complexity index is 582. The van der Waals surface area contributed by atoms with Gasteiger partial charge in [-0.2, -0.15) is 0 Å². The summed E-state index contributed by atoms with van der Waals surface area (Å²) in [6.45, 7) is 3.98. The molecule has 1 heterocycles. The lowest BCUT2D eigenvalue weighted by Crippen LogP contribution is -2.08. The molecule has 1 aromatic heterocycles. The average molecular weight is 270 g/mol. The summed E-state index contributed by atoms with van der Waals surface area (Å²) in [5, 5.41) is 0. The summed E-state index contributed by atoms with van der Waals surface area (Å²) in [7, 11) is 0. The predicted molar refractivity (Wildman–Crippen MR) is 77.4 cm³/mol. The van der Waals surface area contributed by atoms with Gasteiger partial charge in [-0.1, -0.05) is 25.5 Å². The maximum atomic E-state index is 11.7. The fraction of sp³-hybridized carbons (Fsp3) is 0.312. The highest BCUT2D eigenvalue weighted by atomic mass is 16.5. The minimum absolute atomic E-state index is 0.185. The van der Waals surface area contributed by atoms with Crippen LogP contribution < -0.4 is 4.74 Å². The molecule has 0 atom stereocenters. The van der Waals surface area contributed by atoms with E-state index < -0.39 is 0 Å². The molecular formula is C16H18N2O2. The van der Waals surface area contributed by atoms with Gasteiger partial charge in [0.15, 0.2) is 0 Å². The molecule has 2 rings (SSSR count). The number of carbonyl (C=O) groups excluding carboxylic acids is 1. The second-order valence-corrected chi connectivity index (χ2v) is 4.60. The number of aromatic nitrogens is 2. The van der Waals surface area contributed by atoms with Crippen molar-refractivity contribution in [2.45, 2.75) is 33.1 Å². The molecule has 0 unspecified atom stereocenters. The van der Waals surface area contributed by atoms with E-state index in [1.54, 1.807) is 6.20 Å². The predicted octanol–water partition coefficient (Wildman–Crippen LogP) is 3.55. The van der Waals surface area contributed by atoms with E-state index in [0.29, 0.717) is 12.2 Å². The number of benzene rings is 1. The van der Waals surface area contributed by atoms with Crippen LogP contribution in [0, 0.1) is 6.92 Å². The molecular weight excluding hydrogens is 252 g/mol. The Morgan fingerprint density at radius 2 is 2.15 bits per heavy atom. The van der Waals surface area contributed by atoms with E-state index in [1.807, 2.05) is 38.1 Å². The van der Waals surface area contributed by atoms with E-state index in [-0.39, 0.29) is 5.97 Å². The number of hydrogen-bond acceptors (Lipinski definition) is 4. The molecule has 0 bridgehead atoms.